The molecule has 0 aromatic heterocycles. The van der Waals surface area contributed by atoms with Gasteiger partial charge in [0.2, 0.25) is 5.91 Å². The molecule has 2 bridgehead atoms. The van der Waals surface area contributed by atoms with E-state index >= 15 is 0 Å². The number of carbonyl (C=O) groups is 1. The molecule has 6 nitrogen and oxygen atoms in total. The minimum Gasteiger partial charge on any atom is -0.504 e. The molecule has 36 heavy (non-hydrogen) atoms. The van der Waals surface area contributed by atoms with Crippen molar-refractivity contribution in [2.45, 2.75) is 74.1 Å². The Morgan fingerprint density at radius 2 is 2.00 bits per heavy atom. The molecular weight excluding hydrogens is 520 g/mol. The second-order valence-electron chi connectivity index (χ2n) is 11.7. The fraction of sp³-hybridized carbons (Fsp3) is 0.552. The molecule has 2 aliphatic heterocycles. The lowest BCUT2D eigenvalue weighted by Crippen LogP contribution is -2.78. The number of phenolic OH excluding ortho intramolecular Hbond substituents is 1. The van der Waals surface area contributed by atoms with Crippen molar-refractivity contribution in [2.75, 3.05) is 20.1 Å². The summed E-state index contributed by atoms with van der Waals surface area (Å²) >= 11 is 3.57. The molecule has 5 aliphatic rings. The van der Waals surface area contributed by atoms with Gasteiger partial charge in [0.15, 0.2) is 11.5 Å². The SMILES string of the molecule is CN(C(=O)Cc1ccccc1Br)[C@H]1CC[C@@]2(O)[C@@H]3Cc4ccc(O)c5c4[C@@]2(CCN3CC2CC2)[C@H]1O5. The number of aliphatic hydroxyl groups is 1. The number of phenols is 1. The molecule has 2 saturated carbocycles. The van der Waals surface area contributed by atoms with Gasteiger partial charge in [-0.3, -0.25) is 9.69 Å². The summed E-state index contributed by atoms with van der Waals surface area (Å²) in [4.78, 5) is 17.9. The predicted octanol–water partition coefficient (Wildman–Crippen LogP) is 3.79. The van der Waals surface area contributed by atoms with Crippen molar-refractivity contribution in [2.24, 2.45) is 5.92 Å². The number of hydrogen-bond acceptors (Lipinski definition) is 5. The highest BCUT2D eigenvalue weighted by atomic mass is 79.9. The molecule has 2 aromatic carbocycles. The summed E-state index contributed by atoms with van der Waals surface area (Å²) in [6.07, 6.45) is 5.38. The van der Waals surface area contributed by atoms with Crippen LogP contribution < -0.4 is 4.74 Å². The van der Waals surface area contributed by atoms with Crippen LogP contribution in [0.4, 0.5) is 0 Å². The minimum atomic E-state index is -0.931. The van der Waals surface area contributed by atoms with E-state index in [2.05, 4.69) is 20.8 Å². The van der Waals surface area contributed by atoms with Gasteiger partial charge in [0, 0.05) is 29.7 Å². The summed E-state index contributed by atoms with van der Waals surface area (Å²) in [5, 5.41) is 23.4. The Morgan fingerprint density at radius 1 is 1.19 bits per heavy atom. The topological polar surface area (TPSA) is 73.2 Å². The zero-order valence-electron chi connectivity index (χ0n) is 20.6. The Morgan fingerprint density at radius 3 is 2.78 bits per heavy atom. The molecular formula is C29H33BrN2O4. The van der Waals surface area contributed by atoms with Crippen molar-refractivity contribution in [1.82, 2.24) is 9.80 Å². The van der Waals surface area contributed by atoms with Crippen molar-refractivity contribution >= 4 is 21.8 Å². The number of likely N-dealkylation sites (N-methyl/N-ethyl adjacent to an activating group) is 1. The number of benzene rings is 2. The normalized spacial score (nSPS) is 34.1. The number of halogens is 1. The second kappa shape index (κ2) is 7.95. The molecule has 5 atom stereocenters. The molecule has 1 amide bonds. The van der Waals surface area contributed by atoms with Crippen molar-refractivity contribution in [1.29, 1.82) is 0 Å². The smallest absolute Gasteiger partial charge is 0.227 e. The molecule has 7 rings (SSSR count). The summed E-state index contributed by atoms with van der Waals surface area (Å²) in [6, 6.07) is 11.5. The average molecular weight is 553 g/mol. The monoisotopic (exact) mass is 552 g/mol. The van der Waals surface area contributed by atoms with E-state index in [0.717, 1.165) is 47.4 Å². The first-order valence-electron chi connectivity index (χ1n) is 13.3. The maximum Gasteiger partial charge on any atom is 0.227 e. The summed E-state index contributed by atoms with van der Waals surface area (Å²) in [5.41, 5.74) is 1.61. The van der Waals surface area contributed by atoms with Crippen LogP contribution in [0.25, 0.3) is 0 Å². The van der Waals surface area contributed by atoms with E-state index in [4.69, 9.17) is 4.74 Å². The fourth-order valence-corrected chi connectivity index (χ4v) is 8.39. The number of piperidine rings is 1. The van der Waals surface area contributed by atoms with E-state index in [9.17, 15) is 15.0 Å². The van der Waals surface area contributed by atoms with Crippen molar-refractivity contribution in [3.63, 3.8) is 0 Å². The molecule has 2 N–H and O–H groups in total. The van der Waals surface area contributed by atoms with Crippen molar-refractivity contribution in [3.05, 3.63) is 57.6 Å². The average Bonchev–Trinajstić information content (AvgIpc) is 3.60. The van der Waals surface area contributed by atoms with Crippen LogP contribution in [0.5, 0.6) is 11.5 Å². The van der Waals surface area contributed by atoms with Gasteiger partial charge in [-0.2, -0.15) is 0 Å². The van der Waals surface area contributed by atoms with Gasteiger partial charge in [0.05, 0.1) is 23.5 Å². The lowest BCUT2D eigenvalue weighted by atomic mass is 9.48. The first-order valence-corrected chi connectivity index (χ1v) is 14.1. The number of hydrogen-bond donors (Lipinski definition) is 2. The molecule has 2 heterocycles. The van der Waals surface area contributed by atoms with Crippen LogP contribution in [0, 0.1) is 5.92 Å². The maximum atomic E-state index is 13.5. The van der Waals surface area contributed by atoms with Crippen molar-refractivity contribution in [3.8, 4) is 11.5 Å². The molecule has 2 aromatic rings. The summed E-state index contributed by atoms with van der Waals surface area (Å²) in [6.45, 7) is 1.97. The number of carbonyl (C=O) groups excluding carboxylic acids is 1. The highest BCUT2D eigenvalue weighted by Crippen LogP contribution is 2.66. The third-order valence-corrected chi connectivity index (χ3v) is 10.7. The predicted molar refractivity (Wildman–Crippen MR) is 139 cm³/mol. The molecule has 3 fully saturated rings. The molecule has 1 spiro atoms. The Labute approximate surface area is 220 Å². The Bertz CT molecular complexity index is 1250. The highest BCUT2D eigenvalue weighted by molar-refractivity contribution is 9.10. The van der Waals surface area contributed by atoms with E-state index < -0.39 is 11.0 Å². The van der Waals surface area contributed by atoms with Gasteiger partial charge in [-0.25, -0.2) is 0 Å². The number of ether oxygens (including phenoxy) is 1. The molecule has 1 saturated heterocycles. The number of rotatable bonds is 5. The van der Waals surface area contributed by atoms with Gasteiger partial charge in [-0.1, -0.05) is 40.2 Å². The Kier molecular flexibility index (Phi) is 5.09. The third kappa shape index (κ3) is 3.05. The van der Waals surface area contributed by atoms with Gasteiger partial charge < -0.3 is 19.8 Å². The largest absolute Gasteiger partial charge is 0.504 e. The van der Waals surface area contributed by atoms with Crippen LogP contribution in [-0.2, 0) is 23.1 Å². The van der Waals surface area contributed by atoms with Gasteiger partial charge in [0.25, 0.3) is 0 Å². The molecule has 7 heteroatoms. The van der Waals surface area contributed by atoms with Crippen LogP contribution in [0.1, 0.15) is 48.8 Å². The summed E-state index contributed by atoms with van der Waals surface area (Å²) in [7, 11) is 1.88. The first kappa shape index (κ1) is 23.1. The minimum absolute atomic E-state index is 0.0382. The zero-order chi connectivity index (χ0) is 24.8. The highest BCUT2D eigenvalue weighted by Gasteiger charge is 2.73. The van der Waals surface area contributed by atoms with Crippen LogP contribution in [0.2, 0.25) is 0 Å². The van der Waals surface area contributed by atoms with E-state index in [1.54, 1.807) is 6.07 Å². The quantitative estimate of drug-likeness (QED) is 0.590. The van der Waals surface area contributed by atoms with Crippen molar-refractivity contribution < 1.29 is 19.7 Å². The summed E-state index contributed by atoms with van der Waals surface area (Å²) < 4.78 is 7.56. The van der Waals surface area contributed by atoms with Crippen LogP contribution in [0.3, 0.4) is 0 Å². The van der Waals surface area contributed by atoms with Gasteiger partial charge in [-0.05, 0) is 74.2 Å². The van der Waals surface area contributed by atoms with E-state index in [0.29, 0.717) is 25.0 Å². The van der Waals surface area contributed by atoms with E-state index in [-0.39, 0.29) is 29.8 Å². The lowest BCUT2D eigenvalue weighted by Gasteiger charge is -2.64. The van der Waals surface area contributed by atoms with Gasteiger partial charge in [0.1, 0.15) is 6.10 Å². The zero-order valence-corrected chi connectivity index (χ0v) is 22.2. The first-order chi connectivity index (χ1) is 17.3. The maximum absolute atomic E-state index is 13.5. The fourth-order valence-electron chi connectivity index (χ4n) is 7.97. The standard InChI is InChI=1S/C29H33BrN2O4/c1-31(24(34)15-18-4-2-3-5-20(18)30)21-10-11-29(35)23-14-19-8-9-22(33)26-25(19)28(29,27(21)36-26)12-13-32(23)16-17-6-7-17/h2-5,8-9,17,21,23,27,33,35H,6-7,10-16H2,1H3/t21-,23-,27-,28-,29+/m0/s1. The van der Waals surface area contributed by atoms with Crippen LogP contribution >= 0.6 is 15.9 Å². The van der Waals surface area contributed by atoms with E-state index in [1.807, 2.05) is 42.3 Å². The molecule has 190 valence electrons. The van der Waals surface area contributed by atoms with Gasteiger partial charge in [-0.15, -0.1) is 0 Å². The number of nitrogens with zero attached hydrogens (tertiary/aromatic N) is 2. The Balaban J connectivity index is 1.27. The van der Waals surface area contributed by atoms with Crippen LogP contribution in [0.15, 0.2) is 40.9 Å². The number of amides is 1. The molecule has 3 aliphatic carbocycles. The summed E-state index contributed by atoms with van der Waals surface area (Å²) in [5.74, 6) is 1.46. The molecule has 0 radical (unpaired) electrons. The second-order valence-corrected chi connectivity index (χ2v) is 12.5. The third-order valence-electron chi connectivity index (χ3n) is 9.92. The lowest BCUT2D eigenvalue weighted by molar-refractivity contribution is -0.200. The van der Waals surface area contributed by atoms with Gasteiger partial charge >= 0.3 is 0 Å². The number of aromatic hydroxyl groups is 1. The number of likely N-dealkylation sites (tertiary alicyclic amines) is 1. The van der Waals surface area contributed by atoms with E-state index in [1.165, 1.54) is 18.4 Å². The Hall–Kier alpha value is -2.09. The van der Waals surface area contributed by atoms with Crippen LogP contribution in [-0.4, -0.2) is 69.8 Å². The molecule has 0 unspecified atom stereocenters.